The molecule has 6 aromatic rings. The van der Waals surface area contributed by atoms with Crippen molar-refractivity contribution >= 4 is 29.6 Å². The molecule has 4 atom stereocenters. The predicted octanol–water partition coefficient (Wildman–Crippen LogP) is 8.57. The largest absolute Gasteiger partial charge is 1.00 e. The molecule has 280 valence electrons. The van der Waals surface area contributed by atoms with Crippen LogP contribution in [0.5, 0.6) is 0 Å². The maximum absolute atomic E-state index is 2.70. The molecule has 0 saturated carbocycles. The molecule has 0 nitrogen and oxygen atoms in total. The summed E-state index contributed by atoms with van der Waals surface area (Å²) in [5, 5.41) is 3.35. The normalized spacial score (nSPS) is 18.2. The van der Waals surface area contributed by atoms with Gasteiger partial charge in [0.25, 0.3) is 0 Å². The van der Waals surface area contributed by atoms with E-state index < -0.39 is 31.3 Å². The predicted molar refractivity (Wildman–Crippen MR) is 231 cm³/mol. The molecule has 2 aliphatic carbocycles. The van der Waals surface area contributed by atoms with Crippen molar-refractivity contribution in [1.82, 2.24) is 0 Å². The minimum absolute atomic E-state index is 0. The van der Waals surface area contributed by atoms with Gasteiger partial charge in [0, 0.05) is 0 Å². The molecule has 4 unspecified atom stereocenters. The van der Waals surface area contributed by atoms with Crippen LogP contribution in [0.3, 0.4) is 0 Å². The number of halogens is 2. The summed E-state index contributed by atoms with van der Waals surface area (Å²) >= 11 is -1.23. The Morgan fingerprint density at radius 1 is 0.464 bits per heavy atom. The molecule has 56 heavy (non-hydrogen) atoms. The Kier molecular flexibility index (Phi) is 11.9. The molecule has 3 aliphatic rings. The molecule has 1 aliphatic heterocycles. The zero-order valence-electron chi connectivity index (χ0n) is 33.3. The molecule has 0 fully saturated rings. The monoisotopic (exact) mass is 862 g/mol. The third-order valence-corrected chi connectivity index (χ3v) is 21.1. The smallest absolute Gasteiger partial charge is 1.00 e. The number of hydrogen-bond donors (Lipinski definition) is 0. The van der Waals surface area contributed by atoms with Gasteiger partial charge in [-0.05, 0) is 0 Å². The van der Waals surface area contributed by atoms with Crippen LogP contribution in [0.4, 0.5) is 0 Å². The van der Waals surface area contributed by atoms with Crippen LogP contribution in [0.2, 0.25) is 13.1 Å². The van der Waals surface area contributed by atoms with E-state index in [9.17, 15) is 0 Å². The minimum atomic E-state index is -2.45. The van der Waals surface area contributed by atoms with E-state index in [0.717, 1.165) is 12.8 Å². The van der Waals surface area contributed by atoms with Gasteiger partial charge in [-0.3, -0.25) is 0 Å². The molecule has 9 rings (SSSR count). The van der Waals surface area contributed by atoms with E-state index in [2.05, 4.69) is 186 Å². The summed E-state index contributed by atoms with van der Waals surface area (Å²) in [6.07, 6.45) is 2.32. The van der Waals surface area contributed by atoms with E-state index >= 15 is 0 Å². The standard InChI is InChI=1S/C52H50Si.2ClH.Zr/c1-7-35(3)37-25-29-41(30-26-37)45-23-15-21-43-33-47(39-17-11-9-12-18-39)51(49(43)45)53(5,6)52-48(40-19-13-10-14-20-40)34-44-22-16-24-46(50(44)52)42-31-27-38(28-32-42)36(4)8-2;;;/h9-36H,7-8H2,1-6H3;2*1H;/q;;;+2/p-2. The Bertz CT molecular complexity index is 2260. The topological polar surface area (TPSA) is 0 Å². The Hall–Kier alpha value is -3.52. The Morgan fingerprint density at radius 2 is 0.839 bits per heavy atom. The van der Waals surface area contributed by atoms with E-state index in [0.29, 0.717) is 19.1 Å². The summed E-state index contributed by atoms with van der Waals surface area (Å²) < 4.78 is 0.948. The molecule has 0 N–H and O–H groups in total. The van der Waals surface area contributed by atoms with E-state index in [-0.39, 0.29) is 24.8 Å². The fraction of sp³-hybridized carbons (Fsp3) is 0.231. The van der Waals surface area contributed by atoms with Gasteiger partial charge in [0.05, 0.1) is 0 Å². The van der Waals surface area contributed by atoms with Gasteiger partial charge in [-0.2, -0.15) is 0 Å². The van der Waals surface area contributed by atoms with E-state index in [1.54, 1.807) is 43.8 Å². The average molecular weight is 865 g/mol. The van der Waals surface area contributed by atoms with Gasteiger partial charge in [0.15, 0.2) is 0 Å². The Labute approximate surface area is 360 Å². The maximum Gasteiger partial charge on any atom is -1.00 e. The average Bonchev–Trinajstić information content (AvgIpc) is 3.76. The van der Waals surface area contributed by atoms with Gasteiger partial charge in [-0.1, -0.05) is 0 Å². The zero-order chi connectivity index (χ0) is 37.1. The third kappa shape index (κ3) is 6.63. The second kappa shape index (κ2) is 16.4. The first-order valence-electron chi connectivity index (χ1n) is 20.1. The SMILES string of the molecule is CCC(C)c1ccc(-c2cccc3c2C2=C(c4ccccc4)[CH]3[Zr+2][CH]3C(c4ccccc4)=C(c4c(-c5ccc(C(C)CC)cc5)cccc43)[Si]2(C)C)cc1.[Cl-].[Cl-]. The van der Waals surface area contributed by atoms with Crippen LogP contribution in [0.15, 0.2) is 146 Å². The van der Waals surface area contributed by atoms with Crippen molar-refractivity contribution in [3.8, 4) is 22.3 Å². The summed E-state index contributed by atoms with van der Waals surface area (Å²) in [6.45, 7) is 14.7. The van der Waals surface area contributed by atoms with Crippen molar-refractivity contribution < 1.29 is 48.0 Å². The van der Waals surface area contributed by atoms with Crippen molar-refractivity contribution in [3.63, 3.8) is 0 Å². The summed E-state index contributed by atoms with van der Waals surface area (Å²) in [7, 11) is -2.45. The van der Waals surface area contributed by atoms with E-state index in [1.807, 2.05) is 0 Å². The van der Waals surface area contributed by atoms with Gasteiger partial charge < -0.3 is 24.8 Å². The summed E-state index contributed by atoms with van der Waals surface area (Å²) in [5.74, 6) is 1.13. The molecule has 4 heteroatoms. The third-order valence-electron chi connectivity index (χ3n) is 13.0. The van der Waals surface area contributed by atoms with Gasteiger partial charge >= 0.3 is 338 Å². The van der Waals surface area contributed by atoms with Crippen LogP contribution in [0.1, 0.15) is 104 Å². The first-order valence-corrected chi connectivity index (χ1v) is 26.0. The number of benzene rings is 6. The van der Waals surface area contributed by atoms with Crippen LogP contribution in [-0.4, -0.2) is 8.07 Å². The minimum Gasteiger partial charge on any atom is -1.00 e. The molecule has 0 amide bonds. The molecule has 0 saturated heterocycles. The van der Waals surface area contributed by atoms with Crippen molar-refractivity contribution in [1.29, 1.82) is 0 Å². The molecule has 1 heterocycles. The maximum atomic E-state index is 2.70. The number of allylic oxidation sites excluding steroid dienone is 2. The Morgan fingerprint density at radius 3 is 1.20 bits per heavy atom. The first kappa shape index (κ1) is 40.7. The van der Waals surface area contributed by atoms with Crippen LogP contribution >= 0.6 is 0 Å². The van der Waals surface area contributed by atoms with Crippen LogP contribution in [0.25, 0.3) is 43.8 Å². The quantitative estimate of drug-likeness (QED) is 0.135. The molecular weight excluding hydrogens is 815 g/mol. The fourth-order valence-corrected chi connectivity index (χ4v) is 19.7. The zero-order valence-corrected chi connectivity index (χ0v) is 38.3. The molecule has 4 bridgehead atoms. The van der Waals surface area contributed by atoms with Crippen LogP contribution in [0, 0.1) is 0 Å². The molecule has 0 radical (unpaired) electrons. The van der Waals surface area contributed by atoms with Crippen molar-refractivity contribution in [2.75, 3.05) is 0 Å². The van der Waals surface area contributed by atoms with Crippen LogP contribution < -0.4 is 24.8 Å². The van der Waals surface area contributed by atoms with Crippen molar-refractivity contribution in [3.05, 3.63) is 190 Å². The van der Waals surface area contributed by atoms with Crippen LogP contribution in [-0.2, 0) is 23.2 Å². The summed E-state index contributed by atoms with van der Waals surface area (Å²) in [4.78, 5) is 0. The summed E-state index contributed by atoms with van der Waals surface area (Å²) in [6, 6.07) is 56.9. The van der Waals surface area contributed by atoms with Gasteiger partial charge in [-0.15, -0.1) is 0 Å². The number of rotatable bonds is 8. The molecular formula is C52H50Cl2SiZr. The molecule has 0 spiro atoms. The van der Waals surface area contributed by atoms with Crippen molar-refractivity contribution in [2.45, 2.75) is 72.7 Å². The molecule has 0 aromatic heterocycles. The van der Waals surface area contributed by atoms with Gasteiger partial charge in [0.2, 0.25) is 0 Å². The number of hydrogen-bond acceptors (Lipinski definition) is 0. The second-order valence-corrected chi connectivity index (χ2v) is 24.3. The van der Waals surface area contributed by atoms with Gasteiger partial charge in [-0.25, -0.2) is 0 Å². The number of fused-ring (bicyclic) bond motifs is 8. The van der Waals surface area contributed by atoms with Crippen molar-refractivity contribution in [2.24, 2.45) is 0 Å². The molecule has 6 aromatic carbocycles. The second-order valence-electron chi connectivity index (χ2n) is 16.4. The van der Waals surface area contributed by atoms with E-state index in [4.69, 9.17) is 0 Å². The fourth-order valence-electron chi connectivity index (χ4n) is 9.78. The first-order chi connectivity index (χ1) is 26.3. The van der Waals surface area contributed by atoms with E-state index in [1.165, 1.54) is 44.5 Å². The Balaban J connectivity index is 0.00000240. The summed E-state index contributed by atoms with van der Waals surface area (Å²) in [5.41, 5.74) is 20.9. The van der Waals surface area contributed by atoms with Gasteiger partial charge in [0.1, 0.15) is 0 Å².